The first-order valence-electron chi connectivity index (χ1n) is 6.69. The van der Waals surface area contributed by atoms with E-state index in [-0.39, 0.29) is 12.3 Å². The zero-order valence-electron chi connectivity index (χ0n) is 14.6. The minimum atomic E-state index is -0.278. The molecule has 0 heterocycles. The average molecular weight is 711 g/mol. The Hall–Kier alpha value is 3.39. The van der Waals surface area contributed by atoms with Crippen LogP contribution >= 0.6 is 81.9 Å². The number of halogens is 3. The van der Waals surface area contributed by atoms with E-state index in [9.17, 15) is 0 Å². The van der Waals surface area contributed by atoms with Crippen molar-refractivity contribution in [3.63, 3.8) is 0 Å². The van der Waals surface area contributed by atoms with Crippen LogP contribution in [0.2, 0.25) is 0 Å². The van der Waals surface area contributed by atoms with Crippen LogP contribution in [0.4, 0.5) is 0 Å². The summed E-state index contributed by atoms with van der Waals surface area (Å²) in [5.41, 5.74) is 0. The molecule has 2 nitrogen and oxygen atoms in total. The van der Waals surface area contributed by atoms with Gasteiger partial charge in [-0.15, -0.1) is 0 Å². The Bertz CT molecular complexity index is 195. The fourth-order valence-electron chi connectivity index (χ4n) is 1.61. The first kappa shape index (κ1) is 29.2. The summed E-state index contributed by atoms with van der Waals surface area (Å²) in [5, 5.41) is 0. The predicted molar refractivity (Wildman–Crippen MR) is 128 cm³/mol. The fraction of sp³-hybridized carbons (Fsp3) is 0.923. The Morgan fingerprint density at radius 1 is 0.619 bits per heavy atom. The third kappa shape index (κ3) is 18.0. The summed E-state index contributed by atoms with van der Waals surface area (Å²) < 4.78 is 4.89. The quantitative estimate of drug-likeness (QED) is 0.117. The molecule has 0 atom stereocenters. The van der Waals surface area contributed by atoms with Crippen LogP contribution in [0.5, 0.6) is 0 Å². The van der Waals surface area contributed by atoms with E-state index in [2.05, 4.69) is 124 Å². The van der Waals surface area contributed by atoms with Gasteiger partial charge < -0.3 is 7.43 Å². The summed E-state index contributed by atoms with van der Waals surface area (Å²) >= 11 is 7.39. The number of hydrogen-bond donors (Lipinski definition) is 0. The summed E-state index contributed by atoms with van der Waals surface area (Å²) in [6.07, 6.45) is 0. The van der Waals surface area contributed by atoms with Crippen molar-refractivity contribution in [2.24, 2.45) is 0 Å². The van der Waals surface area contributed by atoms with E-state index in [1.54, 1.807) is 0 Å². The van der Waals surface area contributed by atoms with Crippen molar-refractivity contribution in [3.8, 4) is 0 Å². The third-order valence-corrected chi connectivity index (χ3v) is 5.57. The Kier molecular flexibility index (Phi) is 23.4. The van der Waals surface area contributed by atoms with Gasteiger partial charge in [-0.25, -0.2) is 8.61 Å². The van der Waals surface area contributed by atoms with Gasteiger partial charge >= 0.3 is 64.9 Å². The van der Waals surface area contributed by atoms with Gasteiger partial charge in [-0.3, -0.25) is 0 Å². The average Bonchev–Trinajstić information content (AvgIpc) is 2.20. The Morgan fingerprint density at radius 3 is 0.857 bits per heavy atom. The van der Waals surface area contributed by atoms with E-state index in [0.717, 1.165) is 0 Å². The molecular formula is C13H31I3N2S2V-. The second kappa shape index (κ2) is 16.8. The van der Waals surface area contributed by atoms with E-state index < -0.39 is 0 Å². The van der Waals surface area contributed by atoms with Crippen molar-refractivity contribution >= 4 is 81.9 Å². The Balaban J connectivity index is -0.000000572. The summed E-state index contributed by atoms with van der Waals surface area (Å²) in [4.78, 5) is -0.278. The zero-order valence-corrected chi connectivity index (χ0v) is 24.1. The van der Waals surface area contributed by atoms with Crippen molar-refractivity contribution in [2.75, 3.05) is 0 Å². The van der Waals surface area contributed by atoms with E-state index in [1.165, 1.54) is 0 Å². The van der Waals surface area contributed by atoms with Gasteiger partial charge in [0.05, 0.1) is 0 Å². The molecule has 0 aliphatic rings. The molecule has 0 amide bonds. The summed E-state index contributed by atoms with van der Waals surface area (Å²) in [6, 6.07) is 2.33. The van der Waals surface area contributed by atoms with Crippen LogP contribution in [0, 0.1) is 7.43 Å². The summed E-state index contributed by atoms with van der Waals surface area (Å²) in [5.74, 6) is 0. The van der Waals surface area contributed by atoms with Gasteiger partial charge in [0.1, 0.15) is 0 Å². The standard InChI is InChI=1S/C12H28N2S2.CH3.3HI.V/c1-9(2)13(10(3)4)15-16-14(11(5)6)12(7)8;;;;;/h9-12H,1-8H3;1H3;3*1H;/q;-1;;;;+3/p-3. The van der Waals surface area contributed by atoms with Crippen LogP contribution in [0.15, 0.2) is 0 Å². The van der Waals surface area contributed by atoms with Crippen LogP contribution in [-0.4, -0.2) is 32.8 Å². The minimum absolute atomic E-state index is 0. The first-order chi connectivity index (χ1) is 9.00. The van der Waals surface area contributed by atoms with Gasteiger partial charge in [-0.1, -0.05) is 0 Å². The predicted octanol–water partition coefficient (Wildman–Crippen LogP) is 7.54. The monoisotopic (exact) mass is 711 g/mol. The normalized spacial score (nSPS) is 11.7. The van der Waals surface area contributed by atoms with E-state index in [4.69, 9.17) is 0 Å². The van der Waals surface area contributed by atoms with Crippen LogP contribution in [-0.2, 0) is 4.92 Å². The maximum atomic E-state index is 2.46. The SMILES string of the molecule is CC(C)N(SSN(C(C)C)C(C)C)C(C)C.[CH3-].[I][V]([I])[I]. The van der Waals surface area contributed by atoms with Crippen molar-refractivity contribution in [1.82, 2.24) is 8.61 Å². The molecule has 0 aliphatic carbocycles. The molecule has 0 aromatic rings. The molecule has 0 rings (SSSR count). The van der Waals surface area contributed by atoms with Crippen molar-refractivity contribution < 1.29 is 4.92 Å². The molecule has 8 heteroatoms. The molecule has 0 saturated heterocycles. The second-order valence-corrected chi connectivity index (χ2v) is 42.8. The van der Waals surface area contributed by atoms with Gasteiger partial charge in [-0.05, 0) is 55.4 Å². The molecule has 21 heavy (non-hydrogen) atoms. The van der Waals surface area contributed by atoms with Crippen LogP contribution < -0.4 is 0 Å². The molecule has 0 aliphatic heterocycles. The molecule has 0 bridgehead atoms. The molecule has 0 N–H and O–H groups in total. The van der Waals surface area contributed by atoms with Gasteiger partial charge in [-0.2, -0.15) is 0 Å². The van der Waals surface area contributed by atoms with E-state index >= 15 is 0 Å². The third-order valence-electron chi connectivity index (χ3n) is 2.24. The topological polar surface area (TPSA) is 6.48 Å². The van der Waals surface area contributed by atoms with Crippen LogP contribution in [0.25, 0.3) is 0 Å². The van der Waals surface area contributed by atoms with Gasteiger partial charge in [0.25, 0.3) is 0 Å². The van der Waals surface area contributed by atoms with Gasteiger partial charge in [0.2, 0.25) is 0 Å². The van der Waals surface area contributed by atoms with E-state index in [0.29, 0.717) is 24.2 Å². The fourth-order valence-corrected chi connectivity index (χ4v) is 4.98. The molecule has 132 valence electrons. The summed E-state index contributed by atoms with van der Waals surface area (Å²) in [7, 11) is 3.76. The number of rotatable bonds is 7. The number of nitrogens with zero attached hydrogens (tertiary/aromatic N) is 2. The Labute approximate surface area is 179 Å². The molecule has 0 saturated carbocycles. The zero-order chi connectivity index (χ0) is 16.5. The van der Waals surface area contributed by atoms with E-state index in [1.807, 2.05) is 22.0 Å². The van der Waals surface area contributed by atoms with Crippen molar-refractivity contribution in [3.05, 3.63) is 7.43 Å². The van der Waals surface area contributed by atoms with Crippen LogP contribution in [0.3, 0.4) is 0 Å². The maximum absolute atomic E-state index is 2.46. The molecule has 0 radical (unpaired) electrons. The molecule has 0 spiro atoms. The van der Waals surface area contributed by atoms with Gasteiger partial charge in [0, 0.05) is 46.1 Å². The molecular weight excluding hydrogens is 680 g/mol. The molecule has 0 aromatic heterocycles. The second-order valence-electron chi connectivity index (χ2n) is 5.44. The first-order valence-corrected chi connectivity index (χ1v) is 22.3. The van der Waals surface area contributed by atoms with Crippen molar-refractivity contribution in [2.45, 2.75) is 79.6 Å². The number of hydrogen-bond acceptors (Lipinski definition) is 4. The van der Waals surface area contributed by atoms with Crippen LogP contribution in [0.1, 0.15) is 55.4 Å². The molecule has 0 fully saturated rings. The molecule has 0 aromatic carbocycles. The molecule has 0 unspecified atom stereocenters. The van der Waals surface area contributed by atoms with Gasteiger partial charge in [0.15, 0.2) is 0 Å². The van der Waals surface area contributed by atoms with Crippen molar-refractivity contribution in [1.29, 1.82) is 0 Å². The Morgan fingerprint density at radius 2 is 0.762 bits per heavy atom. The summed E-state index contributed by atoms with van der Waals surface area (Å²) in [6.45, 7) is 18.0.